The van der Waals surface area contributed by atoms with Crippen LogP contribution < -0.4 is 0 Å². The molecule has 2 aromatic rings. The average molecular weight is 388 g/mol. The van der Waals surface area contributed by atoms with E-state index in [1.54, 1.807) is 53.1 Å². The van der Waals surface area contributed by atoms with E-state index in [-0.39, 0.29) is 37.7 Å². The zero-order chi connectivity index (χ0) is 20.7. The Bertz CT molecular complexity index is 758. The molecule has 0 aliphatic carbocycles. The number of hydrogen-bond donors (Lipinski definition) is 4. The van der Waals surface area contributed by atoms with E-state index in [0.717, 1.165) is 0 Å². The number of carboxylic acid groups (broad SMARTS) is 2. The lowest BCUT2D eigenvalue weighted by molar-refractivity contribution is -0.142. The van der Waals surface area contributed by atoms with Crippen molar-refractivity contribution < 1.29 is 30.0 Å². The van der Waals surface area contributed by atoms with E-state index in [2.05, 4.69) is 0 Å². The van der Waals surface area contributed by atoms with Crippen molar-refractivity contribution in [2.75, 3.05) is 13.1 Å². The number of aliphatic carboxylic acids is 2. The molecule has 0 aliphatic heterocycles. The van der Waals surface area contributed by atoms with E-state index >= 15 is 0 Å². The van der Waals surface area contributed by atoms with Gasteiger partial charge in [0.1, 0.15) is 11.5 Å². The van der Waals surface area contributed by atoms with Gasteiger partial charge in [0.05, 0.1) is 19.3 Å². The third kappa shape index (κ3) is 5.97. The maximum Gasteiger partial charge on any atom is 0.317 e. The molecule has 28 heavy (non-hydrogen) atoms. The zero-order valence-electron chi connectivity index (χ0n) is 15.5. The Labute approximate surface area is 162 Å². The van der Waals surface area contributed by atoms with Crippen molar-refractivity contribution in [2.24, 2.45) is 0 Å². The van der Waals surface area contributed by atoms with Crippen LogP contribution in [0.4, 0.5) is 0 Å². The molecule has 0 radical (unpaired) electrons. The molecule has 0 unspecified atom stereocenters. The van der Waals surface area contributed by atoms with Crippen molar-refractivity contribution in [1.82, 2.24) is 9.80 Å². The molecule has 0 saturated carbocycles. The summed E-state index contributed by atoms with van der Waals surface area (Å²) in [6, 6.07) is 13.2. The minimum absolute atomic E-state index is 0.0376. The first kappa shape index (κ1) is 21.2. The van der Waals surface area contributed by atoms with Gasteiger partial charge in [-0.2, -0.15) is 0 Å². The predicted molar refractivity (Wildman–Crippen MR) is 102 cm³/mol. The van der Waals surface area contributed by atoms with Gasteiger partial charge in [-0.05, 0) is 19.1 Å². The third-order valence-corrected chi connectivity index (χ3v) is 4.46. The number of carbonyl (C=O) groups is 2. The van der Waals surface area contributed by atoms with Crippen LogP contribution in [-0.2, 0) is 22.7 Å². The second-order valence-corrected chi connectivity index (χ2v) is 6.49. The fourth-order valence-electron chi connectivity index (χ4n) is 2.95. The number of benzene rings is 2. The summed E-state index contributed by atoms with van der Waals surface area (Å²) >= 11 is 0. The van der Waals surface area contributed by atoms with Gasteiger partial charge >= 0.3 is 11.9 Å². The lowest BCUT2D eigenvalue weighted by atomic mass is 10.1. The summed E-state index contributed by atoms with van der Waals surface area (Å²) in [5, 5.41) is 38.6. The highest BCUT2D eigenvalue weighted by Gasteiger charge is 2.26. The molecule has 8 heteroatoms. The number of rotatable bonds is 10. The molecular formula is C20H24N2O6. The van der Waals surface area contributed by atoms with Gasteiger partial charge in [-0.3, -0.25) is 19.4 Å². The van der Waals surface area contributed by atoms with Crippen LogP contribution in [0.3, 0.4) is 0 Å². The summed E-state index contributed by atoms with van der Waals surface area (Å²) < 4.78 is 0. The molecular weight excluding hydrogens is 364 g/mol. The molecule has 0 saturated heterocycles. The predicted octanol–water partition coefficient (Wildman–Crippen LogP) is 1.92. The first-order chi connectivity index (χ1) is 13.3. The van der Waals surface area contributed by atoms with Gasteiger partial charge in [0, 0.05) is 24.2 Å². The molecule has 0 aromatic heterocycles. The maximum absolute atomic E-state index is 11.4. The van der Waals surface area contributed by atoms with Crippen LogP contribution in [0, 0.1) is 0 Å². The molecule has 0 atom stereocenters. The fraction of sp³-hybridized carbons (Fsp3) is 0.300. The van der Waals surface area contributed by atoms with Crippen LogP contribution in [0.2, 0.25) is 0 Å². The second-order valence-electron chi connectivity index (χ2n) is 6.49. The van der Waals surface area contributed by atoms with Gasteiger partial charge in [-0.15, -0.1) is 0 Å². The Hall–Kier alpha value is -3.10. The number of phenols is 2. The summed E-state index contributed by atoms with van der Waals surface area (Å²) in [5.74, 6) is -2.06. The average Bonchev–Trinajstić information content (AvgIpc) is 2.63. The van der Waals surface area contributed by atoms with Gasteiger partial charge < -0.3 is 20.4 Å². The smallest absolute Gasteiger partial charge is 0.317 e. The van der Waals surface area contributed by atoms with Gasteiger partial charge in [0.25, 0.3) is 0 Å². The number of carboxylic acids is 2. The molecule has 4 N–H and O–H groups in total. The van der Waals surface area contributed by atoms with Gasteiger partial charge in [-0.25, -0.2) is 0 Å². The quantitative estimate of drug-likeness (QED) is 0.456. The monoisotopic (exact) mass is 388 g/mol. The minimum atomic E-state index is -1.07. The molecule has 0 bridgehead atoms. The Morgan fingerprint density at radius 2 is 1.14 bits per heavy atom. The highest BCUT2D eigenvalue weighted by molar-refractivity contribution is 5.70. The molecule has 0 amide bonds. The SMILES string of the molecule is CC(N(CC(=O)O)Cc1ccccc1O)N(CC(=O)O)Cc1ccccc1O. The number of phenolic OH excluding ortho intramolecular Hbond substituents is 2. The van der Waals surface area contributed by atoms with Crippen molar-refractivity contribution in [3.8, 4) is 11.5 Å². The standard InChI is InChI=1S/C20H24N2O6/c1-14(21(12-19(25)26)10-15-6-2-4-8-17(15)23)22(13-20(27)28)11-16-7-3-5-9-18(16)24/h2-9,14,23-24H,10-13H2,1H3,(H,25,26)(H,27,28). The molecule has 0 fully saturated rings. The topological polar surface area (TPSA) is 122 Å². The Kier molecular flexibility index (Phi) is 7.36. The molecule has 2 rings (SSSR count). The van der Waals surface area contributed by atoms with Crippen molar-refractivity contribution >= 4 is 11.9 Å². The van der Waals surface area contributed by atoms with E-state index in [1.165, 1.54) is 12.1 Å². The van der Waals surface area contributed by atoms with E-state index in [1.807, 2.05) is 0 Å². The summed E-state index contributed by atoms with van der Waals surface area (Å²) in [6.45, 7) is 1.26. The molecule has 0 aliphatic rings. The van der Waals surface area contributed by atoms with E-state index in [9.17, 15) is 30.0 Å². The zero-order valence-corrected chi connectivity index (χ0v) is 15.5. The highest BCUT2D eigenvalue weighted by Crippen LogP contribution is 2.23. The van der Waals surface area contributed by atoms with E-state index in [4.69, 9.17) is 0 Å². The van der Waals surface area contributed by atoms with Crippen LogP contribution >= 0.6 is 0 Å². The summed E-state index contributed by atoms with van der Waals surface area (Å²) in [4.78, 5) is 25.8. The van der Waals surface area contributed by atoms with Crippen molar-refractivity contribution in [3.63, 3.8) is 0 Å². The Morgan fingerprint density at radius 3 is 1.46 bits per heavy atom. The first-order valence-corrected chi connectivity index (χ1v) is 8.73. The molecule has 2 aromatic carbocycles. The number of nitrogens with zero attached hydrogens (tertiary/aromatic N) is 2. The first-order valence-electron chi connectivity index (χ1n) is 8.73. The Morgan fingerprint density at radius 1 is 0.786 bits per heavy atom. The van der Waals surface area contributed by atoms with Gasteiger partial charge in [0.2, 0.25) is 0 Å². The lowest BCUT2D eigenvalue weighted by Gasteiger charge is -2.36. The van der Waals surface area contributed by atoms with Crippen molar-refractivity contribution in [1.29, 1.82) is 0 Å². The van der Waals surface area contributed by atoms with E-state index in [0.29, 0.717) is 11.1 Å². The third-order valence-electron chi connectivity index (χ3n) is 4.46. The largest absolute Gasteiger partial charge is 0.508 e. The Balaban J connectivity index is 2.28. The van der Waals surface area contributed by atoms with Gasteiger partial charge in [0.15, 0.2) is 0 Å². The van der Waals surface area contributed by atoms with E-state index < -0.39 is 18.1 Å². The van der Waals surface area contributed by atoms with Gasteiger partial charge in [-0.1, -0.05) is 36.4 Å². The molecule has 0 heterocycles. The van der Waals surface area contributed by atoms with Crippen LogP contribution in [0.1, 0.15) is 18.1 Å². The number of hydrogen-bond acceptors (Lipinski definition) is 6. The summed E-state index contributed by atoms with van der Waals surface area (Å²) in [5.41, 5.74) is 1.07. The molecule has 0 spiro atoms. The van der Waals surface area contributed by atoms with Crippen LogP contribution in [0.25, 0.3) is 0 Å². The normalized spacial score (nSPS) is 11.3. The lowest BCUT2D eigenvalue weighted by Crippen LogP contribution is -2.49. The van der Waals surface area contributed by atoms with Crippen LogP contribution in [-0.4, -0.2) is 61.4 Å². The number of aromatic hydroxyl groups is 2. The summed E-state index contributed by atoms with van der Waals surface area (Å²) in [6.07, 6.45) is -0.591. The molecule has 8 nitrogen and oxygen atoms in total. The number of para-hydroxylation sites is 2. The van der Waals surface area contributed by atoms with Crippen LogP contribution in [0.5, 0.6) is 11.5 Å². The van der Waals surface area contributed by atoms with Crippen molar-refractivity contribution in [3.05, 3.63) is 59.7 Å². The van der Waals surface area contributed by atoms with Crippen molar-refractivity contribution in [2.45, 2.75) is 26.2 Å². The summed E-state index contributed by atoms with van der Waals surface area (Å²) in [7, 11) is 0. The second kappa shape index (κ2) is 9.72. The highest BCUT2D eigenvalue weighted by atomic mass is 16.4. The van der Waals surface area contributed by atoms with Crippen LogP contribution in [0.15, 0.2) is 48.5 Å². The fourth-order valence-corrected chi connectivity index (χ4v) is 2.95. The maximum atomic E-state index is 11.4. The minimum Gasteiger partial charge on any atom is -0.508 e. The molecule has 150 valence electrons.